The monoisotopic (exact) mass is 311 g/mol. The molecule has 0 radical (unpaired) electrons. The van der Waals surface area contributed by atoms with Gasteiger partial charge in [0.25, 0.3) is 0 Å². The highest BCUT2D eigenvalue weighted by molar-refractivity contribution is 6.31. The summed E-state index contributed by atoms with van der Waals surface area (Å²) in [4.78, 5) is 6.54. The second kappa shape index (κ2) is 9.77. The van der Waals surface area contributed by atoms with E-state index in [4.69, 9.17) is 16.3 Å². The van der Waals surface area contributed by atoms with E-state index in [1.165, 1.54) is 0 Å². The summed E-state index contributed by atoms with van der Waals surface area (Å²) in [6, 6.07) is 2.04. The van der Waals surface area contributed by atoms with Crippen LogP contribution in [0.5, 0.6) is 0 Å². The quantitative estimate of drug-likeness (QED) is 0.674. The Balaban J connectivity index is 2.79. The summed E-state index contributed by atoms with van der Waals surface area (Å²) in [5, 5.41) is 4.10. The van der Waals surface area contributed by atoms with Crippen LogP contribution < -0.4 is 10.2 Å². The number of hydrogen-bond acceptors (Lipinski definition) is 4. The minimum atomic E-state index is 0.615. The van der Waals surface area contributed by atoms with Crippen molar-refractivity contribution in [2.75, 3.05) is 38.3 Å². The van der Waals surface area contributed by atoms with Gasteiger partial charge >= 0.3 is 0 Å². The number of hydrogen-bond donors (Lipinski definition) is 1. The minimum absolute atomic E-state index is 0.615. The molecule has 0 aliphatic rings. The topological polar surface area (TPSA) is 37.4 Å². The molecule has 0 atom stereocenters. The predicted molar refractivity (Wildman–Crippen MR) is 90.1 cm³/mol. The summed E-state index contributed by atoms with van der Waals surface area (Å²) in [5.74, 6) is 1.52. The van der Waals surface area contributed by atoms with E-state index in [9.17, 15) is 0 Å². The van der Waals surface area contributed by atoms with Crippen molar-refractivity contribution in [2.45, 2.75) is 20.4 Å². The molecule has 0 aliphatic heterocycles. The van der Waals surface area contributed by atoms with Gasteiger partial charge < -0.3 is 15.0 Å². The molecule has 0 spiro atoms. The Kier molecular flexibility index (Phi) is 8.35. The fraction of sp³-hybridized carbons (Fsp3) is 0.562. The van der Waals surface area contributed by atoms with E-state index in [0.29, 0.717) is 17.5 Å². The number of rotatable bonds is 10. The molecule has 5 heteroatoms. The maximum Gasteiger partial charge on any atom is 0.129 e. The van der Waals surface area contributed by atoms with Crippen LogP contribution >= 0.6 is 11.6 Å². The molecule has 1 rings (SSSR count). The number of anilines is 1. The number of halogens is 1. The van der Waals surface area contributed by atoms with Crippen molar-refractivity contribution < 1.29 is 4.74 Å². The second-order valence-electron chi connectivity index (χ2n) is 5.39. The van der Waals surface area contributed by atoms with E-state index >= 15 is 0 Å². The van der Waals surface area contributed by atoms with Crippen molar-refractivity contribution in [3.8, 4) is 0 Å². The van der Waals surface area contributed by atoms with Crippen LogP contribution in [-0.4, -0.2) is 38.3 Å². The molecule has 0 fully saturated rings. The molecule has 0 saturated carbocycles. The zero-order valence-electron chi connectivity index (χ0n) is 13.2. The van der Waals surface area contributed by atoms with Crippen LogP contribution in [-0.2, 0) is 11.3 Å². The second-order valence-corrected chi connectivity index (χ2v) is 5.79. The lowest BCUT2D eigenvalue weighted by atomic mass is 10.2. The summed E-state index contributed by atoms with van der Waals surface area (Å²) < 4.78 is 5.14. The highest BCUT2D eigenvalue weighted by atomic mass is 35.5. The molecule has 1 aromatic heterocycles. The van der Waals surface area contributed by atoms with Crippen molar-refractivity contribution in [3.05, 3.63) is 35.5 Å². The molecule has 1 heterocycles. The van der Waals surface area contributed by atoms with E-state index in [1.54, 1.807) is 13.3 Å². The summed E-state index contributed by atoms with van der Waals surface area (Å²) in [6.45, 7) is 12.0. The Morgan fingerprint density at radius 1 is 1.52 bits per heavy atom. The number of ether oxygens (including phenoxy) is 1. The number of nitrogens with one attached hydrogen (secondary N) is 1. The third-order valence-corrected chi connectivity index (χ3v) is 3.37. The van der Waals surface area contributed by atoms with E-state index < -0.39 is 0 Å². The van der Waals surface area contributed by atoms with Gasteiger partial charge in [0.2, 0.25) is 0 Å². The normalized spacial score (nSPS) is 10.9. The molecular formula is C16H26ClN3O. The maximum absolute atomic E-state index is 6.23. The maximum atomic E-state index is 6.23. The minimum Gasteiger partial charge on any atom is -0.383 e. The molecule has 0 saturated heterocycles. The molecule has 4 nitrogen and oxygen atoms in total. The smallest absolute Gasteiger partial charge is 0.129 e. The van der Waals surface area contributed by atoms with E-state index in [0.717, 1.165) is 37.6 Å². The average Bonchev–Trinajstić information content (AvgIpc) is 2.45. The highest BCUT2D eigenvalue weighted by Gasteiger charge is 2.09. The van der Waals surface area contributed by atoms with E-state index in [-0.39, 0.29) is 0 Å². The first kappa shape index (κ1) is 18.0. The summed E-state index contributed by atoms with van der Waals surface area (Å²) in [6.07, 6.45) is 3.58. The molecule has 0 amide bonds. The first-order valence-corrected chi connectivity index (χ1v) is 7.66. The molecule has 0 bridgehead atoms. The fourth-order valence-electron chi connectivity index (χ4n) is 1.93. The molecular weight excluding hydrogens is 286 g/mol. The van der Waals surface area contributed by atoms with Crippen LogP contribution in [0.15, 0.2) is 24.9 Å². The van der Waals surface area contributed by atoms with Gasteiger partial charge in [0.1, 0.15) is 5.82 Å². The molecule has 118 valence electrons. The molecule has 0 unspecified atom stereocenters. The van der Waals surface area contributed by atoms with Gasteiger partial charge in [-0.25, -0.2) is 4.98 Å². The lowest BCUT2D eigenvalue weighted by Gasteiger charge is -2.22. The number of nitrogens with zero attached hydrogens (tertiary/aromatic N) is 2. The van der Waals surface area contributed by atoms with E-state index in [2.05, 4.69) is 35.6 Å². The van der Waals surface area contributed by atoms with Gasteiger partial charge in [-0.2, -0.15) is 0 Å². The summed E-state index contributed by atoms with van der Waals surface area (Å²) in [5.41, 5.74) is 1.06. The predicted octanol–water partition coefficient (Wildman–Crippen LogP) is 3.12. The molecule has 1 aromatic rings. The van der Waals surface area contributed by atoms with Gasteiger partial charge in [-0.1, -0.05) is 31.5 Å². The first-order valence-electron chi connectivity index (χ1n) is 7.28. The van der Waals surface area contributed by atoms with Crippen LogP contribution in [0.1, 0.15) is 19.4 Å². The van der Waals surface area contributed by atoms with Crippen LogP contribution in [0.25, 0.3) is 0 Å². The Bertz CT molecular complexity index is 438. The van der Waals surface area contributed by atoms with Gasteiger partial charge in [-0.3, -0.25) is 0 Å². The van der Waals surface area contributed by atoms with Gasteiger partial charge in [0, 0.05) is 32.9 Å². The Morgan fingerprint density at radius 3 is 2.90 bits per heavy atom. The third kappa shape index (κ3) is 6.46. The van der Waals surface area contributed by atoms with Gasteiger partial charge in [0.15, 0.2) is 0 Å². The SMILES string of the molecule is C=CCN(CCOC)c1cc(CNCC(C)C)c(Cl)cn1. The lowest BCUT2D eigenvalue weighted by Crippen LogP contribution is -2.28. The highest BCUT2D eigenvalue weighted by Crippen LogP contribution is 2.20. The van der Waals surface area contributed by atoms with Crippen molar-refractivity contribution in [1.82, 2.24) is 10.3 Å². The first-order chi connectivity index (χ1) is 10.1. The fourth-order valence-corrected chi connectivity index (χ4v) is 2.10. The largest absolute Gasteiger partial charge is 0.383 e. The third-order valence-electron chi connectivity index (χ3n) is 3.03. The standard InChI is InChI=1S/C16H26ClN3O/c1-5-6-20(7-8-21-4)16-9-14(15(17)12-19-16)11-18-10-13(2)3/h5,9,12-13,18H,1,6-8,10-11H2,2-4H3. The Labute approximate surface area is 133 Å². The molecule has 0 aromatic carbocycles. The molecule has 0 aliphatic carbocycles. The Morgan fingerprint density at radius 2 is 2.29 bits per heavy atom. The van der Waals surface area contributed by atoms with Gasteiger partial charge in [-0.15, -0.1) is 6.58 Å². The molecule has 1 N–H and O–H groups in total. The van der Waals surface area contributed by atoms with Crippen LogP contribution in [0.3, 0.4) is 0 Å². The summed E-state index contributed by atoms with van der Waals surface area (Å²) in [7, 11) is 1.70. The summed E-state index contributed by atoms with van der Waals surface area (Å²) >= 11 is 6.23. The number of aromatic nitrogens is 1. The van der Waals surface area contributed by atoms with Crippen molar-refractivity contribution in [2.24, 2.45) is 5.92 Å². The number of methoxy groups -OCH3 is 1. The van der Waals surface area contributed by atoms with Crippen LogP contribution in [0.2, 0.25) is 5.02 Å². The van der Waals surface area contributed by atoms with Crippen molar-refractivity contribution in [1.29, 1.82) is 0 Å². The van der Waals surface area contributed by atoms with Gasteiger partial charge in [-0.05, 0) is 24.1 Å². The van der Waals surface area contributed by atoms with Crippen molar-refractivity contribution >= 4 is 17.4 Å². The lowest BCUT2D eigenvalue weighted by molar-refractivity contribution is 0.205. The Hall–Kier alpha value is -1.10. The van der Waals surface area contributed by atoms with Crippen LogP contribution in [0.4, 0.5) is 5.82 Å². The van der Waals surface area contributed by atoms with E-state index in [1.807, 2.05) is 12.1 Å². The van der Waals surface area contributed by atoms with Crippen LogP contribution in [0, 0.1) is 5.92 Å². The number of pyridine rings is 1. The zero-order chi connectivity index (χ0) is 15.7. The van der Waals surface area contributed by atoms with Gasteiger partial charge in [0.05, 0.1) is 11.6 Å². The molecule has 21 heavy (non-hydrogen) atoms. The average molecular weight is 312 g/mol. The zero-order valence-corrected chi connectivity index (χ0v) is 14.0. The van der Waals surface area contributed by atoms with Crippen molar-refractivity contribution in [3.63, 3.8) is 0 Å².